The predicted octanol–water partition coefficient (Wildman–Crippen LogP) is 6.00. The Bertz CT molecular complexity index is 1210. The van der Waals surface area contributed by atoms with Gasteiger partial charge in [0.2, 0.25) is 0 Å². The third-order valence-corrected chi connectivity index (χ3v) is 8.50. The van der Waals surface area contributed by atoms with Crippen LogP contribution < -0.4 is 0 Å². The molecule has 3 aromatic heterocycles. The molecule has 32 heavy (non-hydrogen) atoms. The second-order valence-corrected chi connectivity index (χ2v) is 10.7. The summed E-state index contributed by atoms with van der Waals surface area (Å²) in [4.78, 5) is 17.6. The fourth-order valence-electron chi connectivity index (χ4n) is 3.75. The third-order valence-electron chi connectivity index (χ3n) is 5.36. The molecule has 0 atom stereocenters. The summed E-state index contributed by atoms with van der Waals surface area (Å²) >= 11 is 4.84. The van der Waals surface area contributed by atoms with E-state index in [1.807, 2.05) is 31.2 Å². The molecule has 0 spiro atoms. The number of rotatable bonds is 10. The van der Waals surface area contributed by atoms with Crippen LogP contribution >= 0.6 is 34.9 Å². The number of carbonyl (C=O) groups is 1. The lowest BCUT2D eigenvalue weighted by Gasteiger charge is -2.08. The molecular formula is C23H27N5OS3. The standard InChI is InChI=1S/C23H27N5OS3/c1-5-11-28-15(3)12-17(16(28)4)19(29)13-30-22-26-25-21(27(22)6-2)14-31-23-24-18-9-7-8-10-20(18)32-23/h7-10,12H,5-6,11,13-14H2,1-4H3. The summed E-state index contributed by atoms with van der Waals surface area (Å²) < 4.78 is 6.55. The Hall–Kier alpha value is -2.10. The van der Waals surface area contributed by atoms with Crippen LogP contribution in [0.5, 0.6) is 0 Å². The Kier molecular flexibility index (Phi) is 7.37. The number of thiazole rings is 1. The number of thioether (sulfide) groups is 2. The van der Waals surface area contributed by atoms with Crippen molar-refractivity contribution in [2.75, 3.05) is 5.75 Å². The number of fused-ring (bicyclic) bond motifs is 1. The first-order valence-corrected chi connectivity index (χ1v) is 13.5. The van der Waals surface area contributed by atoms with Crippen molar-refractivity contribution < 1.29 is 4.79 Å². The molecule has 0 aliphatic heterocycles. The number of Topliss-reactive ketones (excluding diaryl/α,β-unsaturated/α-hetero) is 1. The van der Waals surface area contributed by atoms with E-state index < -0.39 is 0 Å². The number of benzene rings is 1. The minimum absolute atomic E-state index is 0.140. The van der Waals surface area contributed by atoms with Gasteiger partial charge in [-0.1, -0.05) is 42.6 Å². The van der Waals surface area contributed by atoms with E-state index in [4.69, 9.17) is 0 Å². The average Bonchev–Trinajstić information content (AvgIpc) is 3.47. The number of aryl methyl sites for hydroxylation is 1. The van der Waals surface area contributed by atoms with Gasteiger partial charge in [0.25, 0.3) is 0 Å². The molecule has 0 radical (unpaired) electrons. The average molecular weight is 486 g/mol. The van der Waals surface area contributed by atoms with E-state index in [0.717, 1.165) is 57.3 Å². The Balaban J connectivity index is 1.41. The van der Waals surface area contributed by atoms with Crippen LogP contribution in [0.15, 0.2) is 39.8 Å². The summed E-state index contributed by atoms with van der Waals surface area (Å²) in [6.07, 6.45) is 1.05. The van der Waals surface area contributed by atoms with Gasteiger partial charge in [-0.3, -0.25) is 4.79 Å². The van der Waals surface area contributed by atoms with Crippen molar-refractivity contribution in [1.82, 2.24) is 24.3 Å². The van der Waals surface area contributed by atoms with Crippen molar-refractivity contribution in [3.05, 3.63) is 53.1 Å². The fourth-order valence-corrected chi connectivity index (χ4v) is 6.66. The van der Waals surface area contributed by atoms with Crippen molar-refractivity contribution in [3.63, 3.8) is 0 Å². The van der Waals surface area contributed by atoms with Crippen LogP contribution in [0.25, 0.3) is 10.2 Å². The summed E-state index contributed by atoms with van der Waals surface area (Å²) in [5.74, 6) is 2.11. The second-order valence-electron chi connectivity index (χ2n) is 7.53. The highest BCUT2D eigenvalue weighted by Gasteiger charge is 2.18. The molecule has 9 heteroatoms. The van der Waals surface area contributed by atoms with E-state index in [1.165, 1.54) is 16.5 Å². The smallest absolute Gasteiger partial charge is 0.191 e. The van der Waals surface area contributed by atoms with Crippen molar-refractivity contribution in [2.24, 2.45) is 0 Å². The van der Waals surface area contributed by atoms with Crippen LogP contribution in [0, 0.1) is 13.8 Å². The summed E-state index contributed by atoms with van der Waals surface area (Å²) in [6.45, 7) is 10.0. The molecule has 0 saturated heterocycles. The molecule has 0 aliphatic rings. The lowest BCUT2D eigenvalue weighted by Crippen LogP contribution is -2.08. The predicted molar refractivity (Wildman–Crippen MR) is 134 cm³/mol. The van der Waals surface area contributed by atoms with Gasteiger partial charge in [0, 0.05) is 30.0 Å². The summed E-state index contributed by atoms with van der Waals surface area (Å²) in [6, 6.07) is 10.2. The van der Waals surface area contributed by atoms with Crippen LogP contribution in [0.3, 0.4) is 0 Å². The Morgan fingerprint density at radius 3 is 2.66 bits per heavy atom. The monoisotopic (exact) mass is 485 g/mol. The number of carbonyl (C=O) groups excluding carboxylic acids is 1. The number of aromatic nitrogens is 5. The number of ketones is 1. The lowest BCUT2D eigenvalue weighted by molar-refractivity contribution is 0.102. The van der Waals surface area contributed by atoms with Gasteiger partial charge in [0.05, 0.1) is 21.7 Å². The van der Waals surface area contributed by atoms with Crippen LogP contribution in [0.2, 0.25) is 0 Å². The van der Waals surface area contributed by atoms with E-state index in [0.29, 0.717) is 11.5 Å². The fraction of sp³-hybridized carbons (Fsp3) is 0.391. The van der Waals surface area contributed by atoms with Gasteiger partial charge in [-0.05, 0) is 45.4 Å². The first kappa shape index (κ1) is 23.1. The van der Waals surface area contributed by atoms with E-state index in [1.54, 1.807) is 23.1 Å². The maximum Gasteiger partial charge on any atom is 0.191 e. The molecule has 6 nitrogen and oxygen atoms in total. The van der Waals surface area contributed by atoms with Gasteiger partial charge in [-0.15, -0.1) is 21.5 Å². The minimum Gasteiger partial charge on any atom is -0.348 e. The van der Waals surface area contributed by atoms with E-state index >= 15 is 0 Å². The molecule has 0 N–H and O–H groups in total. The molecule has 1 aromatic carbocycles. The van der Waals surface area contributed by atoms with Gasteiger partial charge >= 0.3 is 0 Å². The summed E-state index contributed by atoms with van der Waals surface area (Å²) in [5, 5.41) is 9.56. The molecule has 0 unspecified atom stereocenters. The first-order valence-electron chi connectivity index (χ1n) is 10.7. The van der Waals surface area contributed by atoms with Gasteiger partial charge in [-0.25, -0.2) is 4.98 Å². The molecule has 4 rings (SSSR count). The normalized spacial score (nSPS) is 11.5. The zero-order chi connectivity index (χ0) is 22.7. The lowest BCUT2D eigenvalue weighted by atomic mass is 10.2. The maximum atomic E-state index is 12.9. The van der Waals surface area contributed by atoms with Crippen LogP contribution in [0.1, 0.15) is 47.8 Å². The van der Waals surface area contributed by atoms with Crippen molar-refractivity contribution in [3.8, 4) is 0 Å². The van der Waals surface area contributed by atoms with Crippen molar-refractivity contribution in [2.45, 2.75) is 62.5 Å². The zero-order valence-corrected chi connectivity index (χ0v) is 21.2. The summed E-state index contributed by atoms with van der Waals surface area (Å²) in [7, 11) is 0. The highest BCUT2D eigenvalue weighted by molar-refractivity contribution is 8.00. The summed E-state index contributed by atoms with van der Waals surface area (Å²) in [5.41, 5.74) is 4.05. The quantitative estimate of drug-likeness (QED) is 0.203. The molecule has 4 aromatic rings. The number of hydrogen-bond acceptors (Lipinski definition) is 7. The number of para-hydroxylation sites is 1. The largest absolute Gasteiger partial charge is 0.348 e. The Labute approximate surface area is 200 Å². The van der Waals surface area contributed by atoms with Crippen molar-refractivity contribution >= 4 is 50.9 Å². The molecule has 0 saturated carbocycles. The zero-order valence-electron chi connectivity index (χ0n) is 18.8. The molecule has 0 fully saturated rings. The second kappa shape index (κ2) is 10.2. The van der Waals surface area contributed by atoms with E-state index in [-0.39, 0.29) is 5.78 Å². The SMILES string of the molecule is CCCn1c(C)cc(C(=O)CSc2nnc(CSc3nc4ccccc4s3)n2CC)c1C. The van der Waals surface area contributed by atoms with E-state index in [9.17, 15) is 4.79 Å². The molecule has 0 bridgehead atoms. The number of hydrogen-bond donors (Lipinski definition) is 0. The third kappa shape index (κ3) is 4.79. The highest BCUT2D eigenvalue weighted by atomic mass is 32.2. The molecular weight excluding hydrogens is 458 g/mol. The highest BCUT2D eigenvalue weighted by Crippen LogP contribution is 2.31. The topological polar surface area (TPSA) is 65.6 Å². The van der Waals surface area contributed by atoms with Gasteiger partial charge in [-0.2, -0.15) is 0 Å². The maximum absolute atomic E-state index is 12.9. The molecule has 3 heterocycles. The number of nitrogens with zero attached hydrogens (tertiary/aromatic N) is 5. The van der Waals surface area contributed by atoms with Gasteiger partial charge in [0.1, 0.15) is 5.82 Å². The molecule has 0 amide bonds. The Morgan fingerprint density at radius 1 is 1.09 bits per heavy atom. The van der Waals surface area contributed by atoms with Crippen LogP contribution in [-0.2, 0) is 18.8 Å². The van der Waals surface area contributed by atoms with Gasteiger partial charge in [0.15, 0.2) is 15.3 Å². The Morgan fingerprint density at radius 2 is 1.91 bits per heavy atom. The van der Waals surface area contributed by atoms with E-state index in [2.05, 4.69) is 51.2 Å². The first-order chi connectivity index (χ1) is 15.5. The van der Waals surface area contributed by atoms with Gasteiger partial charge < -0.3 is 9.13 Å². The molecule has 168 valence electrons. The van der Waals surface area contributed by atoms with Crippen molar-refractivity contribution in [1.29, 1.82) is 0 Å². The minimum atomic E-state index is 0.140. The van der Waals surface area contributed by atoms with Crippen LogP contribution in [0.4, 0.5) is 0 Å². The van der Waals surface area contributed by atoms with Crippen LogP contribution in [-0.4, -0.2) is 35.9 Å². The molecule has 0 aliphatic carbocycles.